The smallest absolute Gasteiger partial charge is 0.0328 e. The average molecular weight is 208 g/mol. The van der Waals surface area contributed by atoms with Crippen LogP contribution in [0.3, 0.4) is 0 Å². The van der Waals surface area contributed by atoms with Gasteiger partial charge in [-0.25, -0.2) is 0 Å². The van der Waals surface area contributed by atoms with Crippen molar-refractivity contribution in [1.82, 2.24) is 0 Å². The van der Waals surface area contributed by atoms with E-state index in [2.05, 4.69) is 53.7 Å². The van der Waals surface area contributed by atoms with Crippen molar-refractivity contribution < 1.29 is 0 Å². The topological polar surface area (TPSA) is 0 Å². The van der Waals surface area contributed by atoms with Crippen LogP contribution >= 0.6 is 11.3 Å². The van der Waals surface area contributed by atoms with Gasteiger partial charge in [0.15, 0.2) is 0 Å². The van der Waals surface area contributed by atoms with Crippen LogP contribution in [0.5, 0.6) is 0 Å². The predicted molar refractivity (Wildman–Crippen MR) is 67.1 cm³/mol. The van der Waals surface area contributed by atoms with Crippen molar-refractivity contribution in [2.45, 2.75) is 47.0 Å². The minimum Gasteiger partial charge on any atom is -0.140 e. The summed E-state index contributed by atoms with van der Waals surface area (Å²) in [7, 11) is 0. The van der Waals surface area contributed by atoms with E-state index in [4.69, 9.17) is 0 Å². The van der Waals surface area contributed by atoms with Gasteiger partial charge in [0.25, 0.3) is 0 Å². The summed E-state index contributed by atoms with van der Waals surface area (Å²) in [4.78, 5) is 2.92. The Kier molecular flexibility index (Phi) is 3.20. The second-order valence-electron chi connectivity index (χ2n) is 4.84. The molecule has 0 nitrogen and oxygen atoms in total. The van der Waals surface area contributed by atoms with E-state index in [1.807, 2.05) is 11.3 Å². The van der Waals surface area contributed by atoms with Crippen molar-refractivity contribution in [2.24, 2.45) is 0 Å². The molecular formula is C13H20S. The van der Waals surface area contributed by atoms with E-state index in [1.165, 1.54) is 20.9 Å². The molecule has 0 N–H and O–H groups in total. The summed E-state index contributed by atoms with van der Waals surface area (Å²) >= 11 is 1.93. The van der Waals surface area contributed by atoms with Crippen LogP contribution in [0.4, 0.5) is 0 Å². The normalized spacial score (nSPS) is 13.4. The lowest BCUT2D eigenvalue weighted by Gasteiger charge is -2.15. The monoisotopic (exact) mass is 208 g/mol. The molecule has 1 heterocycles. The first-order chi connectivity index (χ1) is 6.36. The number of hydrogen-bond donors (Lipinski definition) is 0. The van der Waals surface area contributed by atoms with Gasteiger partial charge in [0.05, 0.1) is 0 Å². The van der Waals surface area contributed by atoms with E-state index in [-0.39, 0.29) is 5.41 Å². The molecule has 0 saturated carbocycles. The van der Waals surface area contributed by atoms with Crippen LogP contribution in [0.15, 0.2) is 12.1 Å². The maximum atomic E-state index is 2.33. The second kappa shape index (κ2) is 3.90. The van der Waals surface area contributed by atoms with Crippen LogP contribution < -0.4 is 0 Å². The second-order valence-corrected chi connectivity index (χ2v) is 5.90. The van der Waals surface area contributed by atoms with Crippen molar-refractivity contribution in [2.75, 3.05) is 0 Å². The molecule has 0 aromatic carbocycles. The van der Waals surface area contributed by atoms with Gasteiger partial charge in [-0.2, -0.15) is 0 Å². The molecule has 0 fully saturated rings. The zero-order valence-electron chi connectivity index (χ0n) is 10.1. The Morgan fingerprint density at radius 1 is 1.36 bits per heavy atom. The average Bonchev–Trinajstić information content (AvgIpc) is 2.45. The Morgan fingerprint density at radius 3 is 2.29 bits per heavy atom. The Morgan fingerprint density at radius 2 is 1.93 bits per heavy atom. The molecule has 0 aliphatic rings. The summed E-state index contributed by atoms with van der Waals surface area (Å²) in [6, 6.07) is 2.33. The number of rotatable bonds is 1. The van der Waals surface area contributed by atoms with Gasteiger partial charge in [0.1, 0.15) is 0 Å². The highest BCUT2D eigenvalue weighted by atomic mass is 32.1. The third kappa shape index (κ3) is 2.27. The lowest BCUT2D eigenvalue weighted by Crippen LogP contribution is -2.07. The molecule has 0 aliphatic heterocycles. The van der Waals surface area contributed by atoms with Gasteiger partial charge in [0, 0.05) is 9.75 Å². The molecule has 0 amide bonds. The number of aryl methyl sites for hydroxylation is 1. The molecule has 0 unspecified atom stereocenters. The molecule has 0 spiro atoms. The summed E-state index contributed by atoms with van der Waals surface area (Å²) in [5.41, 5.74) is 3.08. The van der Waals surface area contributed by atoms with Crippen molar-refractivity contribution in [3.8, 4) is 0 Å². The first-order valence-electron chi connectivity index (χ1n) is 5.10. The minimum absolute atomic E-state index is 0.279. The first kappa shape index (κ1) is 11.5. The van der Waals surface area contributed by atoms with Crippen molar-refractivity contribution in [3.63, 3.8) is 0 Å². The van der Waals surface area contributed by atoms with E-state index >= 15 is 0 Å². The van der Waals surface area contributed by atoms with Gasteiger partial charge < -0.3 is 0 Å². The Hall–Kier alpha value is -0.560. The molecule has 0 saturated heterocycles. The number of allylic oxidation sites excluding steroid dienone is 2. The van der Waals surface area contributed by atoms with Gasteiger partial charge in [-0.1, -0.05) is 26.8 Å². The van der Waals surface area contributed by atoms with Gasteiger partial charge in [0.2, 0.25) is 0 Å². The standard InChI is InChI=1S/C13H20S/c1-7-9(2)12-10(3)8-11(14-12)13(4,5)6/h7-8H,1-6H3. The minimum atomic E-state index is 0.279. The zero-order valence-corrected chi connectivity index (χ0v) is 10.9. The van der Waals surface area contributed by atoms with Crippen molar-refractivity contribution in [3.05, 3.63) is 27.5 Å². The van der Waals surface area contributed by atoms with E-state index in [0.717, 1.165) is 0 Å². The summed E-state index contributed by atoms with van der Waals surface area (Å²) in [5.74, 6) is 0. The maximum Gasteiger partial charge on any atom is 0.0328 e. The molecule has 0 aliphatic carbocycles. The Labute approximate surface area is 91.7 Å². The Bertz CT molecular complexity index is 348. The highest BCUT2D eigenvalue weighted by Crippen LogP contribution is 2.35. The van der Waals surface area contributed by atoms with Gasteiger partial charge in [-0.05, 0) is 43.4 Å². The van der Waals surface area contributed by atoms with Crippen molar-refractivity contribution in [1.29, 1.82) is 0 Å². The van der Waals surface area contributed by atoms with Crippen LogP contribution in [0, 0.1) is 6.92 Å². The quantitative estimate of drug-likeness (QED) is 0.623. The third-order valence-electron chi connectivity index (χ3n) is 2.45. The van der Waals surface area contributed by atoms with Crippen LogP contribution in [0.25, 0.3) is 5.57 Å². The molecular weight excluding hydrogens is 188 g/mol. The summed E-state index contributed by atoms with van der Waals surface area (Å²) in [6.07, 6.45) is 2.19. The molecule has 1 heteroatoms. The zero-order chi connectivity index (χ0) is 10.9. The van der Waals surface area contributed by atoms with E-state index < -0.39 is 0 Å². The summed E-state index contributed by atoms with van der Waals surface area (Å²) < 4.78 is 0. The molecule has 0 radical (unpaired) electrons. The highest BCUT2D eigenvalue weighted by Gasteiger charge is 2.18. The molecule has 14 heavy (non-hydrogen) atoms. The molecule has 0 bridgehead atoms. The fraction of sp³-hybridized carbons (Fsp3) is 0.538. The van der Waals surface area contributed by atoms with E-state index in [0.29, 0.717) is 0 Å². The van der Waals surface area contributed by atoms with Crippen LogP contribution in [0.1, 0.15) is 49.9 Å². The summed E-state index contributed by atoms with van der Waals surface area (Å²) in [5, 5.41) is 0. The lowest BCUT2D eigenvalue weighted by atomic mass is 9.94. The third-order valence-corrected chi connectivity index (χ3v) is 4.25. The molecule has 1 aromatic heterocycles. The highest BCUT2D eigenvalue weighted by molar-refractivity contribution is 7.13. The van der Waals surface area contributed by atoms with Crippen LogP contribution in [-0.4, -0.2) is 0 Å². The molecule has 1 aromatic rings. The van der Waals surface area contributed by atoms with E-state index in [1.54, 1.807) is 0 Å². The largest absolute Gasteiger partial charge is 0.140 e. The number of hydrogen-bond acceptors (Lipinski definition) is 1. The van der Waals surface area contributed by atoms with Crippen LogP contribution in [-0.2, 0) is 5.41 Å². The Balaban J connectivity index is 3.18. The maximum absolute atomic E-state index is 2.33. The molecule has 78 valence electrons. The van der Waals surface area contributed by atoms with Crippen molar-refractivity contribution >= 4 is 16.9 Å². The van der Waals surface area contributed by atoms with Gasteiger partial charge in [-0.15, -0.1) is 11.3 Å². The predicted octanol–water partition coefficient (Wildman–Crippen LogP) is 4.78. The van der Waals surface area contributed by atoms with Gasteiger partial charge in [-0.3, -0.25) is 0 Å². The van der Waals surface area contributed by atoms with E-state index in [9.17, 15) is 0 Å². The summed E-state index contributed by atoms with van der Waals surface area (Å²) in [6.45, 7) is 13.3. The van der Waals surface area contributed by atoms with Gasteiger partial charge >= 0.3 is 0 Å². The molecule has 0 atom stereocenters. The molecule has 1 rings (SSSR count). The number of thiophene rings is 1. The first-order valence-corrected chi connectivity index (χ1v) is 5.92. The lowest BCUT2D eigenvalue weighted by molar-refractivity contribution is 0.603. The SMILES string of the molecule is CC=C(C)c1sc(C(C)(C)C)cc1C. The fourth-order valence-corrected chi connectivity index (χ4v) is 2.63. The fourth-order valence-electron chi connectivity index (χ4n) is 1.37. The van der Waals surface area contributed by atoms with Crippen LogP contribution in [0.2, 0.25) is 0 Å².